The van der Waals surface area contributed by atoms with Gasteiger partial charge in [-0.05, 0) is 30.7 Å². The number of ether oxygens (including phenoxy) is 1. The van der Waals surface area contributed by atoms with E-state index in [9.17, 15) is 4.79 Å². The number of benzene rings is 1. The van der Waals surface area contributed by atoms with E-state index in [0.29, 0.717) is 12.2 Å². The minimum Gasteiger partial charge on any atom is -0.462 e. The predicted molar refractivity (Wildman–Crippen MR) is 95.8 cm³/mol. The van der Waals surface area contributed by atoms with Crippen LogP contribution >= 0.6 is 12.6 Å². The van der Waals surface area contributed by atoms with E-state index in [1.165, 1.54) is 51.4 Å². The second-order valence-corrected chi connectivity index (χ2v) is 6.38. The summed E-state index contributed by atoms with van der Waals surface area (Å²) in [6.45, 7) is 2.78. The summed E-state index contributed by atoms with van der Waals surface area (Å²) >= 11 is 4.20. The first-order valence-electron chi connectivity index (χ1n) is 8.70. The number of hydrogen-bond donors (Lipinski definition) is 1. The summed E-state index contributed by atoms with van der Waals surface area (Å²) < 4.78 is 5.28. The number of hydrogen-bond acceptors (Lipinski definition) is 3. The summed E-state index contributed by atoms with van der Waals surface area (Å²) in [7, 11) is 0. The fourth-order valence-corrected chi connectivity index (χ4v) is 2.58. The van der Waals surface area contributed by atoms with Crippen LogP contribution < -0.4 is 0 Å². The molecule has 0 radical (unpaired) electrons. The molecule has 0 saturated heterocycles. The van der Waals surface area contributed by atoms with Gasteiger partial charge in [0.1, 0.15) is 0 Å². The van der Waals surface area contributed by atoms with E-state index in [2.05, 4.69) is 19.6 Å². The molecule has 0 aromatic heterocycles. The molecule has 0 fully saturated rings. The van der Waals surface area contributed by atoms with Crippen LogP contribution in [0.1, 0.15) is 81.5 Å². The number of thiol groups is 1. The lowest BCUT2D eigenvalue weighted by Crippen LogP contribution is -2.06. The quantitative estimate of drug-likeness (QED) is 0.288. The molecule has 3 heteroatoms. The van der Waals surface area contributed by atoms with Crippen molar-refractivity contribution >= 4 is 18.6 Å². The van der Waals surface area contributed by atoms with Crippen LogP contribution in [0.3, 0.4) is 0 Å². The average Bonchev–Trinajstić information content (AvgIpc) is 2.53. The molecule has 0 saturated carbocycles. The highest BCUT2D eigenvalue weighted by molar-refractivity contribution is 7.80. The number of carbonyl (C=O) groups is 1. The van der Waals surface area contributed by atoms with Crippen molar-refractivity contribution in [1.29, 1.82) is 0 Å². The summed E-state index contributed by atoms with van der Waals surface area (Å²) in [5, 5.41) is 0. The van der Waals surface area contributed by atoms with E-state index in [1.54, 1.807) is 24.3 Å². The van der Waals surface area contributed by atoms with Gasteiger partial charge in [0, 0.05) is 4.90 Å². The van der Waals surface area contributed by atoms with E-state index in [1.807, 2.05) is 0 Å². The summed E-state index contributed by atoms with van der Waals surface area (Å²) in [6.07, 6.45) is 12.9. The first kappa shape index (κ1) is 19.1. The SMILES string of the molecule is CCCCCCCCCCCCOC(=O)c1ccc(S)cc1. The predicted octanol–water partition coefficient (Wildman–Crippen LogP) is 6.05. The number of esters is 1. The Labute approximate surface area is 141 Å². The maximum absolute atomic E-state index is 11.8. The van der Waals surface area contributed by atoms with Crippen LogP contribution in [-0.2, 0) is 4.74 Å². The molecule has 0 aliphatic carbocycles. The van der Waals surface area contributed by atoms with Crippen molar-refractivity contribution in [3.63, 3.8) is 0 Å². The first-order chi connectivity index (χ1) is 10.7. The Bertz CT molecular complexity index is 400. The zero-order valence-electron chi connectivity index (χ0n) is 13.9. The third kappa shape index (κ3) is 9.14. The molecule has 0 atom stereocenters. The van der Waals surface area contributed by atoms with Crippen molar-refractivity contribution in [2.45, 2.75) is 76.0 Å². The molecule has 0 aliphatic rings. The van der Waals surface area contributed by atoms with Crippen molar-refractivity contribution in [1.82, 2.24) is 0 Å². The normalized spacial score (nSPS) is 10.6. The van der Waals surface area contributed by atoms with E-state index in [-0.39, 0.29) is 5.97 Å². The van der Waals surface area contributed by atoms with Crippen molar-refractivity contribution < 1.29 is 9.53 Å². The molecule has 0 amide bonds. The van der Waals surface area contributed by atoms with Gasteiger partial charge in [0.2, 0.25) is 0 Å². The molecule has 0 N–H and O–H groups in total. The Hall–Kier alpha value is -0.960. The van der Waals surface area contributed by atoms with Gasteiger partial charge in [-0.3, -0.25) is 0 Å². The van der Waals surface area contributed by atoms with E-state index < -0.39 is 0 Å². The molecule has 1 rings (SSSR count). The van der Waals surface area contributed by atoms with Crippen LogP contribution in [0.4, 0.5) is 0 Å². The van der Waals surface area contributed by atoms with Crippen molar-refractivity contribution in [3.8, 4) is 0 Å². The number of rotatable bonds is 12. The van der Waals surface area contributed by atoms with E-state index in [4.69, 9.17) is 4.74 Å². The molecule has 0 heterocycles. The van der Waals surface area contributed by atoms with E-state index >= 15 is 0 Å². The van der Waals surface area contributed by atoms with Crippen LogP contribution in [0.2, 0.25) is 0 Å². The highest BCUT2D eigenvalue weighted by atomic mass is 32.1. The van der Waals surface area contributed by atoms with Gasteiger partial charge in [-0.25, -0.2) is 4.79 Å². The smallest absolute Gasteiger partial charge is 0.338 e. The van der Waals surface area contributed by atoms with Gasteiger partial charge in [0.25, 0.3) is 0 Å². The van der Waals surface area contributed by atoms with Crippen LogP contribution in [0.25, 0.3) is 0 Å². The Morgan fingerprint density at radius 2 is 1.36 bits per heavy atom. The van der Waals surface area contributed by atoms with Crippen molar-refractivity contribution in [2.75, 3.05) is 6.61 Å². The fraction of sp³-hybridized carbons (Fsp3) is 0.632. The van der Waals surface area contributed by atoms with Gasteiger partial charge >= 0.3 is 5.97 Å². The Morgan fingerprint density at radius 3 is 1.91 bits per heavy atom. The van der Waals surface area contributed by atoms with Gasteiger partial charge in [-0.1, -0.05) is 64.7 Å². The minimum atomic E-state index is -0.232. The number of carbonyl (C=O) groups excluding carboxylic acids is 1. The Balaban J connectivity index is 1.93. The molecule has 0 aliphatic heterocycles. The van der Waals surface area contributed by atoms with E-state index in [0.717, 1.165) is 17.7 Å². The lowest BCUT2D eigenvalue weighted by Gasteiger charge is -2.05. The standard InChI is InChI=1S/C19H30O2S/c1-2-3-4-5-6-7-8-9-10-11-16-21-19(20)17-12-14-18(22)15-13-17/h12-15,22H,2-11,16H2,1H3. The molecule has 22 heavy (non-hydrogen) atoms. The highest BCUT2D eigenvalue weighted by Gasteiger charge is 2.05. The molecule has 2 nitrogen and oxygen atoms in total. The maximum Gasteiger partial charge on any atom is 0.338 e. The molecule has 1 aromatic rings. The monoisotopic (exact) mass is 322 g/mol. The molecule has 0 bridgehead atoms. The topological polar surface area (TPSA) is 26.3 Å². The zero-order chi connectivity index (χ0) is 16.0. The number of unbranched alkanes of at least 4 members (excludes halogenated alkanes) is 9. The summed E-state index contributed by atoms with van der Waals surface area (Å²) in [5.41, 5.74) is 0.602. The minimum absolute atomic E-state index is 0.232. The third-order valence-corrected chi connectivity index (χ3v) is 4.13. The van der Waals surface area contributed by atoms with Gasteiger partial charge < -0.3 is 4.74 Å². The zero-order valence-corrected chi connectivity index (χ0v) is 14.7. The van der Waals surface area contributed by atoms with Crippen LogP contribution in [0.5, 0.6) is 0 Å². The third-order valence-electron chi connectivity index (χ3n) is 3.83. The molecular formula is C19H30O2S. The highest BCUT2D eigenvalue weighted by Crippen LogP contribution is 2.11. The van der Waals surface area contributed by atoms with Crippen LogP contribution in [-0.4, -0.2) is 12.6 Å². The van der Waals surface area contributed by atoms with Crippen molar-refractivity contribution in [2.24, 2.45) is 0 Å². The van der Waals surface area contributed by atoms with Gasteiger partial charge in [-0.2, -0.15) is 0 Å². The lowest BCUT2D eigenvalue weighted by molar-refractivity contribution is 0.0497. The second-order valence-electron chi connectivity index (χ2n) is 5.86. The molecule has 0 unspecified atom stereocenters. The van der Waals surface area contributed by atoms with Crippen LogP contribution in [0, 0.1) is 0 Å². The van der Waals surface area contributed by atoms with Crippen molar-refractivity contribution in [3.05, 3.63) is 29.8 Å². The van der Waals surface area contributed by atoms with Gasteiger partial charge in [0.05, 0.1) is 12.2 Å². The van der Waals surface area contributed by atoms with Crippen LogP contribution in [0.15, 0.2) is 29.2 Å². The molecular weight excluding hydrogens is 292 g/mol. The molecule has 1 aromatic carbocycles. The maximum atomic E-state index is 11.8. The summed E-state index contributed by atoms with van der Waals surface area (Å²) in [6, 6.07) is 7.12. The average molecular weight is 323 g/mol. The molecule has 0 spiro atoms. The summed E-state index contributed by atoms with van der Waals surface area (Å²) in [5.74, 6) is -0.232. The fourth-order valence-electron chi connectivity index (χ4n) is 2.44. The lowest BCUT2D eigenvalue weighted by atomic mass is 10.1. The first-order valence-corrected chi connectivity index (χ1v) is 9.15. The summed E-state index contributed by atoms with van der Waals surface area (Å²) in [4.78, 5) is 12.6. The largest absolute Gasteiger partial charge is 0.462 e. The Kier molecular flexibility index (Phi) is 10.9. The second kappa shape index (κ2) is 12.6. The Morgan fingerprint density at radius 1 is 0.864 bits per heavy atom. The molecule has 124 valence electrons. The van der Waals surface area contributed by atoms with Gasteiger partial charge in [-0.15, -0.1) is 12.6 Å². The van der Waals surface area contributed by atoms with Gasteiger partial charge in [0.15, 0.2) is 0 Å².